The molecule has 4 rings (SSSR count). The maximum absolute atomic E-state index is 12.8. The third kappa shape index (κ3) is 5.75. The molecule has 0 spiro atoms. The molecule has 6 heteroatoms. The van der Waals surface area contributed by atoms with Crippen molar-refractivity contribution < 1.29 is 9.59 Å². The predicted octanol–water partition coefficient (Wildman–Crippen LogP) is 3.73. The number of hydrogen-bond donors (Lipinski definition) is 1. The van der Waals surface area contributed by atoms with Gasteiger partial charge in [-0.3, -0.25) is 9.59 Å². The van der Waals surface area contributed by atoms with Gasteiger partial charge in [0.05, 0.1) is 17.5 Å². The molecule has 1 fully saturated rings. The van der Waals surface area contributed by atoms with Crippen LogP contribution < -0.4 is 5.32 Å². The largest absolute Gasteiger partial charge is 0.355 e. The number of carbonyl (C=O) groups excluding carboxylic acids is 2. The Hall–Kier alpha value is -3.15. The Bertz CT molecular complexity index is 1040. The Morgan fingerprint density at radius 1 is 0.906 bits per heavy atom. The van der Waals surface area contributed by atoms with E-state index in [0.717, 1.165) is 48.4 Å². The number of aryl methyl sites for hydroxylation is 1. The number of hydrogen-bond acceptors (Lipinski definition) is 3. The molecule has 0 atom stereocenters. The first kappa shape index (κ1) is 22.1. The number of benzene rings is 2. The SMILES string of the molecule is O=C(Cc1ccccc1)NCCc1nc2ccccc2n1CCC(=O)N1CCCCCC1. The Morgan fingerprint density at radius 3 is 2.41 bits per heavy atom. The summed E-state index contributed by atoms with van der Waals surface area (Å²) in [7, 11) is 0. The van der Waals surface area contributed by atoms with E-state index in [1.54, 1.807) is 0 Å². The zero-order chi connectivity index (χ0) is 22.2. The lowest BCUT2D eigenvalue weighted by Gasteiger charge is -2.20. The van der Waals surface area contributed by atoms with Crippen molar-refractivity contribution in [2.45, 2.75) is 51.5 Å². The Balaban J connectivity index is 1.37. The molecular formula is C26H32N4O2. The van der Waals surface area contributed by atoms with Gasteiger partial charge in [0.25, 0.3) is 0 Å². The Morgan fingerprint density at radius 2 is 1.62 bits per heavy atom. The summed E-state index contributed by atoms with van der Waals surface area (Å²) in [4.78, 5) is 31.9. The fraction of sp³-hybridized carbons (Fsp3) is 0.423. The smallest absolute Gasteiger partial charge is 0.224 e. The number of amides is 2. The molecule has 2 aromatic carbocycles. The number of carbonyl (C=O) groups is 2. The average Bonchev–Trinajstić information content (AvgIpc) is 2.96. The number of likely N-dealkylation sites (tertiary alicyclic amines) is 1. The summed E-state index contributed by atoms with van der Waals surface area (Å²) in [6, 6.07) is 17.8. The fourth-order valence-corrected chi connectivity index (χ4v) is 4.41. The minimum Gasteiger partial charge on any atom is -0.355 e. The highest BCUT2D eigenvalue weighted by Crippen LogP contribution is 2.18. The van der Waals surface area contributed by atoms with Gasteiger partial charge in [-0.1, -0.05) is 55.3 Å². The second-order valence-corrected chi connectivity index (χ2v) is 8.48. The first-order valence-electron chi connectivity index (χ1n) is 11.7. The maximum atomic E-state index is 12.8. The molecule has 1 aromatic heterocycles. The van der Waals surface area contributed by atoms with Crippen LogP contribution >= 0.6 is 0 Å². The van der Waals surface area contributed by atoms with Crippen LogP contribution in [0.4, 0.5) is 0 Å². The maximum Gasteiger partial charge on any atom is 0.224 e. The van der Waals surface area contributed by atoms with Gasteiger partial charge in [-0.05, 0) is 30.5 Å². The van der Waals surface area contributed by atoms with Gasteiger partial charge in [-0.2, -0.15) is 0 Å². The summed E-state index contributed by atoms with van der Waals surface area (Å²) in [5.41, 5.74) is 2.98. The summed E-state index contributed by atoms with van der Waals surface area (Å²) in [5, 5.41) is 3.01. The topological polar surface area (TPSA) is 67.2 Å². The third-order valence-electron chi connectivity index (χ3n) is 6.12. The summed E-state index contributed by atoms with van der Waals surface area (Å²) in [6.45, 7) is 2.89. The zero-order valence-electron chi connectivity index (χ0n) is 18.6. The van der Waals surface area contributed by atoms with E-state index in [1.807, 2.05) is 53.4 Å². The van der Waals surface area contributed by atoms with Gasteiger partial charge in [-0.15, -0.1) is 0 Å². The molecule has 0 unspecified atom stereocenters. The van der Waals surface area contributed by atoms with Crippen molar-refractivity contribution in [3.63, 3.8) is 0 Å². The van der Waals surface area contributed by atoms with Crippen LogP contribution in [0.1, 0.15) is 43.5 Å². The normalized spacial score (nSPS) is 14.3. The quantitative estimate of drug-likeness (QED) is 0.590. The Kier molecular flexibility index (Phi) is 7.54. The van der Waals surface area contributed by atoms with Crippen molar-refractivity contribution >= 4 is 22.8 Å². The molecule has 0 bridgehead atoms. The van der Waals surface area contributed by atoms with Crippen LogP contribution in [-0.4, -0.2) is 45.9 Å². The highest BCUT2D eigenvalue weighted by atomic mass is 16.2. The van der Waals surface area contributed by atoms with E-state index in [2.05, 4.69) is 16.0 Å². The average molecular weight is 433 g/mol. The standard InChI is InChI=1S/C26H32N4O2/c31-25(20-21-10-4-3-5-11-21)27-16-14-24-28-22-12-6-7-13-23(22)30(24)19-15-26(32)29-17-8-1-2-9-18-29/h3-7,10-13H,1-2,8-9,14-20H2,(H,27,31). The molecule has 6 nitrogen and oxygen atoms in total. The molecule has 0 saturated carbocycles. The Labute approximate surface area is 189 Å². The van der Waals surface area contributed by atoms with Crippen molar-refractivity contribution in [3.8, 4) is 0 Å². The molecule has 168 valence electrons. The van der Waals surface area contributed by atoms with Gasteiger partial charge >= 0.3 is 0 Å². The lowest BCUT2D eigenvalue weighted by atomic mass is 10.1. The lowest BCUT2D eigenvalue weighted by Crippen LogP contribution is -2.32. The zero-order valence-corrected chi connectivity index (χ0v) is 18.6. The summed E-state index contributed by atoms with van der Waals surface area (Å²) < 4.78 is 2.15. The molecule has 2 heterocycles. The fourth-order valence-electron chi connectivity index (χ4n) is 4.41. The van der Waals surface area contributed by atoms with Gasteiger partial charge in [0.1, 0.15) is 5.82 Å². The highest BCUT2D eigenvalue weighted by Gasteiger charge is 2.17. The summed E-state index contributed by atoms with van der Waals surface area (Å²) in [5.74, 6) is 1.15. The van der Waals surface area contributed by atoms with Crippen LogP contribution in [0.2, 0.25) is 0 Å². The minimum atomic E-state index is 0.00945. The minimum absolute atomic E-state index is 0.00945. The molecule has 1 N–H and O–H groups in total. The first-order chi connectivity index (χ1) is 15.7. The van der Waals surface area contributed by atoms with E-state index in [9.17, 15) is 9.59 Å². The van der Waals surface area contributed by atoms with Gasteiger partial charge in [-0.25, -0.2) is 4.98 Å². The predicted molar refractivity (Wildman–Crippen MR) is 126 cm³/mol. The van der Waals surface area contributed by atoms with Gasteiger partial charge in [0.15, 0.2) is 0 Å². The third-order valence-corrected chi connectivity index (χ3v) is 6.12. The molecule has 1 aliphatic rings. The van der Waals surface area contributed by atoms with Crippen molar-refractivity contribution in [2.75, 3.05) is 19.6 Å². The van der Waals surface area contributed by atoms with E-state index in [1.165, 1.54) is 12.8 Å². The monoisotopic (exact) mass is 432 g/mol. The van der Waals surface area contributed by atoms with Crippen LogP contribution in [0.5, 0.6) is 0 Å². The van der Waals surface area contributed by atoms with E-state index >= 15 is 0 Å². The van der Waals surface area contributed by atoms with Crippen molar-refractivity contribution in [3.05, 3.63) is 66.0 Å². The first-order valence-corrected chi connectivity index (χ1v) is 11.7. The molecule has 0 radical (unpaired) electrons. The van der Waals surface area contributed by atoms with E-state index in [4.69, 9.17) is 4.98 Å². The second kappa shape index (κ2) is 10.9. The number of nitrogens with one attached hydrogen (secondary N) is 1. The number of aromatic nitrogens is 2. The van der Waals surface area contributed by atoms with Gasteiger partial charge < -0.3 is 14.8 Å². The molecular weight excluding hydrogens is 400 g/mol. The van der Waals surface area contributed by atoms with Crippen LogP contribution in [0.25, 0.3) is 11.0 Å². The number of para-hydroxylation sites is 2. The molecule has 32 heavy (non-hydrogen) atoms. The van der Waals surface area contributed by atoms with E-state index < -0.39 is 0 Å². The highest BCUT2D eigenvalue weighted by molar-refractivity contribution is 5.79. The number of fused-ring (bicyclic) bond motifs is 1. The molecule has 3 aromatic rings. The van der Waals surface area contributed by atoms with Crippen LogP contribution in [0.15, 0.2) is 54.6 Å². The summed E-state index contributed by atoms with van der Waals surface area (Å²) >= 11 is 0. The van der Waals surface area contributed by atoms with E-state index in [0.29, 0.717) is 32.4 Å². The molecule has 2 amide bonds. The van der Waals surface area contributed by atoms with Crippen LogP contribution in [0.3, 0.4) is 0 Å². The van der Waals surface area contributed by atoms with Crippen molar-refractivity contribution in [2.24, 2.45) is 0 Å². The van der Waals surface area contributed by atoms with Crippen molar-refractivity contribution in [1.82, 2.24) is 19.8 Å². The molecule has 1 aliphatic heterocycles. The van der Waals surface area contributed by atoms with Crippen LogP contribution in [0, 0.1) is 0 Å². The van der Waals surface area contributed by atoms with Gasteiger partial charge in [0.2, 0.25) is 11.8 Å². The van der Waals surface area contributed by atoms with Crippen molar-refractivity contribution in [1.29, 1.82) is 0 Å². The number of imidazole rings is 1. The van der Waals surface area contributed by atoms with Crippen LogP contribution in [-0.2, 0) is 29.0 Å². The van der Waals surface area contributed by atoms with E-state index in [-0.39, 0.29) is 11.8 Å². The molecule has 0 aliphatic carbocycles. The molecule has 1 saturated heterocycles. The summed E-state index contributed by atoms with van der Waals surface area (Å²) in [6.07, 6.45) is 6.13. The number of rotatable bonds is 8. The van der Waals surface area contributed by atoms with Gasteiger partial charge in [0, 0.05) is 39.0 Å². The number of nitrogens with zero attached hydrogens (tertiary/aromatic N) is 3. The second-order valence-electron chi connectivity index (χ2n) is 8.48. The lowest BCUT2D eigenvalue weighted by molar-refractivity contribution is -0.131.